The lowest BCUT2D eigenvalue weighted by Crippen LogP contribution is -2.33. The highest BCUT2D eigenvalue weighted by molar-refractivity contribution is 7.98. The number of hydrogen-bond donors (Lipinski definition) is 2. The molecule has 0 unspecified atom stereocenters. The Kier molecular flexibility index (Phi) is 7.22. The maximum Gasteiger partial charge on any atom is 0.188 e. The fourth-order valence-electron chi connectivity index (χ4n) is 1.33. The molecular formula is C12H20N4S. The first kappa shape index (κ1) is 13.8. The molecule has 0 radical (unpaired) electrons. The maximum absolute atomic E-state index is 5.73. The summed E-state index contributed by atoms with van der Waals surface area (Å²) in [5.74, 6) is 1.66. The molecule has 94 valence electrons. The Morgan fingerprint density at radius 3 is 3.12 bits per heavy atom. The molecule has 1 aromatic rings. The van der Waals surface area contributed by atoms with Crippen LogP contribution in [0.2, 0.25) is 0 Å². The Balaban J connectivity index is 2.13. The van der Waals surface area contributed by atoms with Crippen molar-refractivity contribution < 1.29 is 0 Å². The molecule has 1 aromatic heterocycles. The monoisotopic (exact) mass is 252 g/mol. The molecule has 0 aromatic carbocycles. The molecule has 0 aliphatic heterocycles. The number of nitrogens with one attached hydrogen (secondary N) is 1. The molecule has 17 heavy (non-hydrogen) atoms. The van der Waals surface area contributed by atoms with Crippen LogP contribution >= 0.6 is 11.8 Å². The summed E-state index contributed by atoms with van der Waals surface area (Å²) in [4.78, 5) is 8.48. The second-order valence-corrected chi connectivity index (χ2v) is 4.60. The minimum Gasteiger partial charge on any atom is -0.370 e. The lowest BCUT2D eigenvalue weighted by atomic mass is 10.3. The lowest BCUT2D eigenvalue weighted by molar-refractivity contribution is 0.823. The zero-order valence-corrected chi connectivity index (χ0v) is 11.0. The molecule has 0 aliphatic carbocycles. The van der Waals surface area contributed by atoms with Gasteiger partial charge in [0, 0.05) is 31.4 Å². The van der Waals surface area contributed by atoms with Gasteiger partial charge in [0.05, 0.1) is 0 Å². The van der Waals surface area contributed by atoms with E-state index in [0.717, 1.165) is 37.4 Å². The SMILES string of the molecule is CSCCCN=C(N)NCCc1ccccn1. The molecule has 0 atom stereocenters. The Bertz CT molecular complexity index is 327. The van der Waals surface area contributed by atoms with Gasteiger partial charge in [-0.1, -0.05) is 6.07 Å². The van der Waals surface area contributed by atoms with Gasteiger partial charge in [0.2, 0.25) is 0 Å². The fraction of sp³-hybridized carbons (Fsp3) is 0.500. The quantitative estimate of drug-likeness (QED) is 0.436. The number of nitrogens with two attached hydrogens (primary N) is 1. The van der Waals surface area contributed by atoms with Crippen LogP contribution in [-0.2, 0) is 6.42 Å². The highest BCUT2D eigenvalue weighted by Crippen LogP contribution is 1.95. The van der Waals surface area contributed by atoms with Crippen LogP contribution in [0.4, 0.5) is 0 Å². The van der Waals surface area contributed by atoms with Gasteiger partial charge in [0.25, 0.3) is 0 Å². The van der Waals surface area contributed by atoms with Crippen molar-refractivity contribution in [3.8, 4) is 0 Å². The Hall–Kier alpha value is -1.23. The van der Waals surface area contributed by atoms with Crippen molar-refractivity contribution in [1.29, 1.82) is 0 Å². The van der Waals surface area contributed by atoms with Crippen molar-refractivity contribution in [2.45, 2.75) is 12.8 Å². The average Bonchev–Trinajstić information content (AvgIpc) is 2.36. The van der Waals surface area contributed by atoms with Gasteiger partial charge in [0.1, 0.15) is 0 Å². The number of hydrogen-bond acceptors (Lipinski definition) is 3. The third-order valence-electron chi connectivity index (χ3n) is 2.20. The van der Waals surface area contributed by atoms with Gasteiger partial charge in [-0.05, 0) is 30.6 Å². The van der Waals surface area contributed by atoms with Gasteiger partial charge in [-0.15, -0.1) is 0 Å². The zero-order chi connectivity index (χ0) is 12.3. The summed E-state index contributed by atoms with van der Waals surface area (Å²) < 4.78 is 0. The topological polar surface area (TPSA) is 63.3 Å². The van der Waals surface area contributed by atoms with Crippen LogP contribution in [-0.4, -0.2) is 36.0 Å². The van der Waals surface area contributed by atoms with Crippen molar-refractivity contribution in [2.24, 2.45) is 10.7 Å². The molecule has 0 bridgehead atoms. The van der Waals surface area contributed by atoms with Gasteiger partial charge in [-0.2, -0.15) is 11.8 Å². The Morgan fingerprint density at radius 2 is 2.41 bits per heavy atom. The summed E-state index contributed by atoms with van der Waals surface area (Å²) in [7, 11) is 0. The van der Waals surface area contributed by atoms with Crippen molar-refractivity contribution in [3.63, 3.8) is 0 Å². The molecule has 0 spiro atoms. The molecule has 3 N–H and O–H groups in total. The summed E-state index contributed by atoms with van der Waals surface area (Å²) in [5.41, 5.74) is 6.80. The number of nitrogens with zero attached hydrogens (tertiary/aromatic N) is 2. The largest absolute Gasteiger partial charge is 0.370 e. The number of pyridine rings is 1. The van der Waals surface area contributed by atoms with Crippen LogP contribution in [0, 0.1) is 0 Å². The van der Waals surface area contributed by atoms with Crippen molar-refractivity contribution in [1.82, 2.24) is 10.3 Å². The molecule has 1 rings (SSSR count). The molecule has 0 saturated carbocycles. The van der Waals surface area contributed by atoms with E-state index < -0.39 is 0 Å². The zero-order valence-electron chi connectivity index (χ0n) is 10.2. The van der Waals surface area contributed by atoms with E-state index in [4.69, 9.17) is 5.73 Å². The second kappa shape index (κ2) is 8.87. The summed E-state index contributed by atoms with van der Waals surface area (Å²) in [6, 6.07) is 5.91. The van der Waals surface area contributed by atoms with Crippen molar-refractivity contribution in [3.05, 3.63) is 30.1 Å². The van der Waals surface area contributed by atoms with E-state index in [1.807, 2.05) is 30.0 Å². The number of guanidine groups is 1. The maximum atomic E-state index is 5.73. The summed E-state index contributed by atoms with van der Waals surface area (Å²) in [6.07, 6.45) is 5.83. The fourth-order valence-corrected chi connectivity index (χ4v) is 1.75. The molecule has 0 amide bonds. The average molecular weight is 252 g/mol. The van der Waals surface area contributed by atoms with E-state index in [2.05, 4.69) is 21.5 Å². The summed E-state index contributed by atoms with van der Waals surface area (Å²) in [5, 5.41) is 3.09. The molecule has 1 heterocycles. The van der Waals surface area contributed by atoms with Gasteiger partial charge in [-0.25, -0.2) is 0 Å². The van der Waals surface area contributed by atoms with Gasteiger partial charge in [0.15, 0.2) is 5.96 Å². The van der Waals surface area contributed by atoms with E-state index in [1.165, 1.54) is 0 Å². The van der Waals surface area contributed by atoms with E-state index in [-0.39, 0.29) is 0 Å². The second-order valence-electron chi connectivity index (χ2n) is 3.61. The summed E-state index contributed by atoms with van der Waals surface area (Å²) in [6.45, 7) is 1.57. The smallest absolute Gasteiger partial charge is 0.188 e. The number of thioether (sulfide) groups is 1. The van der Waals surface area contributed by atoms with Crippen LogP contribution < -0.4 is 11.1 Å². The predicted molar refractivity (Wildman–Crippen MR) is 75.4 cm³/mol. The van der Waals surface area contributed by atoms with Gasteiger partial charge >= 0.3 is 0 Å². The highest BCUT2D eigenvalue weighted by Gasteiger charge is 1.94. The van der Waals surface area contributed by atoms with Crippen LogP contribution in [0.15, 0.2) is 29.4 Å². The van der Waals surface area contributed by atoms with Crippen LogP contribution in [0.5, 0.6) is 0 Å². The third kappa shape index (κ3) is 6.84. The number of rotatable bonds is 7. The predicted octanol–water partition coefficient (Wildman–Crippen LogP) is 1.28. The molecule has 0 aliphatic rings. The van der Waals surface area contributed by atoms with E-state index in [0.29, 0.717) is 5.96 Å². The minimum absolute atomic E-state index is 0.530. The summed E-state index contributed by atoms with van der Waals surface area (Å²) >= 11 is 1.83. The van der Waals surface area contributed by atoms with E-state index in [9.17, 15) is 0 Å². The van der Waals surface area contributed by atoms with Gasteiger partial charge < -0.3 is 11.1 Å². The molecule has 0 fully saturated rings. The Morgan fingerprint density at radius 1 is 1.53 bits per heavy atom. The van der Waals surface area contributed by atoms with E-state index >= 15 is 0 Å². The molecule has 5 heteroatoms. The normalized spacial score (nSPS) is 11.5. The van der Waals surface area contributed by atoms with Crippen LogP contribution in [0.1, 0.15) is 12.1 Å². The number of aliphatic imine (C=N–C) groups is 1. The van der Waals surface area contributed by atoms with E-state index in [1.54, 1.807) is 6.20 Å². The van der Waals surface area contributed by atoms with Crippen molar-refractivity contribution in [2.75, 3.05) is 25.1 Å². The first-order valence-corrected chi connectivity index (χ1v) is 7.15. The minimum atomic E-state index is 0.530. The third-order valence-corrected chi connectivity index (χ3v) is 2.90. The highest BCUT2D eigenvalue weighted by atomic mass is 32.2. The number of aromatic nitrogens is 1. The molecule has 4 nitrogen and oxygen atoms in total. The molecule has 0 saturated heterocycles. The van der Waals surface area contributed by atoms with Crippen LogP contribution in [0.3, 0.4) is 0 Å². The molecular weight excluding hydrogens is 232 g/mol. The van der Waals surface area contributed by atoms with Gasteiger partial charge in [-0.3, -0.25) is 9.98 Å². The first-order valence-electron chi connectivity index (χ1n) is 5.75. The first-order chi connectivity index (χ1) is 8.33. The lowest BCUT2D eigenvalue weighted by Gasteiger charge is -2.05. The van der Waals surface area contributed by atoms with Crippen molar-refractivity contribution >= 4 is 17.7 Å². The standard InChI is InChI=1S/C12H20N4S/c1-17-10-4-8-15-12(13)16-9-6-11-5-2-3-7-14-11/h2-3,5,7H,4,6,8-10H2,1H3,(H3,13,15,16). The van der Waals surface area contributed by atoms with Crippen LogP contribution in [0.25, 0.3) is 0 Å². The Labute approximate surface area is 107 Å².